The van der Waals surface area contributed by atoms with E-state index in [0.717, 1.165) is 0 Å². The van der Waals surface area contributed by atoms with Crippen LogP contribution in [0, 0.1) is 0 Å². The number of nitrogens with two attached hydrogens (primary N) is 1. The number of hydrogen-bond donors (Lipinski definition) is 2. The highest BCUT2D eigenvalue weighted by Gasteiger charge is 2.12. The number of anilines is 1. The molecule has 3 N–H and O–H groups in total. The van der Waals surface area contributed by atoms with Crippen molar-refractivity contribution in [1.29, 1.82) is 0 Å². The quantitative estimate of drug-likeness (QED) is 0.580. The van der Waals surface area contributed by atoms with Crippen LogP contribution in [0.4, 0.5) is 5.69 Å². The molecule has 0 spiro atoms. The van der Waals surface area contributed by atoms with Gasteiger partial charge >= 0.3 is 5.97 Å². The highest BCUT2D eigenvalue weighted by Crippen LogP contribution is 2.25. The van der Waals surface area contributed by atoms with E-state index in [1.165, 1.54) is 24.0 Å². The Balaban J connectivity index is 2.80. The lowest BCUT2D eigenvalue weighted by Gasteiger charge is -2.06. The Morgan fingerprint density at radius 1 is 1.73 bits per heavy atom. The predicted octanol–water partition coefficient (Wildman–Crippen LogP) is 1.10. The first-order valence-electron chi connectivity index (χ1n) is 4.26. The fourth-order valence-corrected chi connectivity index (χ4v) is 1.82. The molecule has 0 aliphatic rings. The molecule has 0 saturated carbocycles. The van der Waals surface area contributed by atoms with E-state index in [1.54, 1.807) is 7.11 Å². The van der Waals surface area contributed by atoms with Crippen molar-refractivity contribution in [1.82, 2.24) is 4.98 Å². The first kappa shape index (κ1) is 11.8. The van der Waals surface area contributed by atoms with Crippen LogP contribution in [0.5, 0.6) is 0 Å². The Labute approximate surface area is 91.6 Å². The summed E-state index contributed by atoms with van der Waals surface area (Å²) in [5.41, 5.74) is 5.96. The van der Waals surface area contributed by atoms with Gasteiger partial charge in [0.25, 0.3) is 0 Å². The van der Waals surface area contributed by atoms with Crippen LogP contribution in [0.1, 0.15) is 10.4 Å². The Morgan fingerprint density at radius 3 is 3.07 bits per heavy atom. The van der Waals surface area contributed by atoms with Crippen molar-refractivity contribution in [3.8, 4) is 0 Å². The van der Waals surface area contributed by atoms with E-state index >= 15 is 0 Å². The van der Waals surface area contributed by atoms with Gasteiger partial charge in [0, 0.05) is 19.1 Å². The lowest BCUT2D eigenvalue weighted by molar-refractivity contribution is 0.0697. The minimum Gasteiger partial charge on any atom is -0.478 e. The van der Waals surface area contributed by atoms with Gasteiger partial charge in [0.2, 0.25) is 0 Å². The SMILES string of the molecule is COCCSc1nccc(C(=O)O)c1N. The molecule has 0 saturated heterocycles. The van der Waals surface area contributed by atoms with Gasteiger partial charge in [-0.05, 0) is 6.07 Å². The van der Waals surface area contributed by atoms with Crippen molar-refractivity contribution in [2.45, 2.75) is 5.03 Å². The zero-order valence-corrected chi connectivity index (χ0v) is 9.08. The molecular weight excluding hydrogens is 216 g/mol. The Morgan fingerprint density at radius 2 is 2.47 bits per heavy atom. The van der Waals surface area contributed by atoms with Gasteiger partial charge in [0.15, 0.2) is 0 Å². The number of pyridine rings is 1. The highest BCUT2D eigenvalue weighted by atomic mass is 32.2. The van der Waals surface area contributed by atoms with E-state index in [1.807, 2.05) is 0 Å². The van der Waals surface area contributed by atoms with E-state index in [9.17, 15) is 4.79 Å². The Hall–Kier alpha value is -1.27. The summed E-state index contributed by atoms with van der Waals surface area (Å²) in [5.74, 6) is -0.347. The zero-order chi connectivity index (χ0) is 11.3. The maximum absolute atomic E-state index is 10.8. The fourth-order valence-electron chi connectivity index (χ4n) is 0.977. The molecule has 0 aromatic carbocycles. The van der Waals surface area contributed by atoms with Crippen LogP contribution in [0.15, 0.2) is 17.3 Å². The maximum atomic E-state index is 10.8. The minimum atomic E-state index is -1.04. The number of aromatic carboxylic acids is 1. The van der Waals surface area contributed by atoms with Crippen LogP contribution in [-0.2, 0) is 4.74 Å². The van der Waals surface area contributed by atoms with Crippen LogP contribution < -0.4 is 5.73 Å². The second-order valence-corrected chi connectivity index (χ2v) is 3.81. The van der Waals surface area contributed by atoms with Crippen molar-refractivity contribution in [3.63, 3.8) is 0 Å². The second kappa shape index (κ2) is 5.57. The molecule has 6 heteroatoms. The molecular formula is C9H12N2O3S. The summed E-state index contributed by atoms with van der Waals surface area (Å²) in [5, 5.41) is 9.35. The molecule has 5 nitrogen and oxygen atoms in total. The molecule has 82 valence electrons. The minimum absolute atomic E-state index is 0.0879. The fraction of sp³-hybridized carbons (Fsp3) is 0.333. The van der Waals surface area contributed by atoms with Gasteiger partial charge in [-0.25, -0.2) is 9.78 Å². The van der Waals surface area contributed by atoms with Crippen molar-refractivity contribution in [2.24, 2.45) is 0 Å². The highest BCUT2D eigenvalue weighted by molar-refractivity contribution is 7.99. The molecule has 0 aliphatic heterocycles. The number of thioether (sulfide) groups is 1. The molecule has 0 aliphatic carbocycles. The van der Waals surface area contributed by atoms with Crippen molar-refractivity contribution in [3.05, 3.63) is 17.8 Å². The summed E-state index contributed by atoms with van der Waals surface area (Å²) in [6.45, 7) is 0.573. The van der Waals surface area contributed by atoms with Gasteiger partial charge in [-0.1, -0.05) is 0 Å². The standard InChI is InChI=1S/C9H12N2O3S/c1-14-4-5-15-8-7(10)6(9(12)13)2-3-11-8/h2-3H,4-5,10H2,1H3,(H,12,13). The molecule has 1 aromatic rings. The largest absolute Gasteiger partial charge is 0.478 e. The molecule has 15 heavy (non-hydrogen) atoms. The first-order valence-corrected chi connectivity index (χ1v) is 5.25. The van der Waals surface area contributed by atoms with Gasteiger partial charge < -0.3 is 15.6 Å². The van der Waals surface area contributed by atoms with Crippen molar-refractivity contribution < 1.29 is 14.6 Å². The summed E-state index contributed by atoms with van der Waals surface area (Å²) in [6.07, 6.45) is 1.44. The van der Waals surface area contributed by atoms with Gasteiger partial charge in [-0.2, -0.15) is 0 Å². The Bertz CT molecular complexity index is 357. The number of nitrogen functional groups attached to an aromatic ring is 1. The molecule has 1 aromatic heterocycles. The maximum Gasteiger partial charge on any atom is 0.337 e. The van der Waals surface area contributed by atoms with E-state index in [-0.39, 0.29) is 11.3 Å². The summed E-state index contributed by atoms with van der Waals surface area (Å²) < 4.78 is 4.88. The third-order valence-electron chi connectivity index (χ3n) is 1.71. The van der Waals surface area contributed by atoms with E-state index < -0.39 is 5.97 Å². The summed E-state index contributed by atoms with van der Waals surface area (Å²) in [4.78, 5) is 14.8. The number of carbonyl (C=O) groups is 1. The van der Waals surface area contributed by atoms with Crippen LogP contribution in [0.2, 0.25) is 0 Å². The molecule has 0 amide bonds. The van der Waals surface area contributed by atoms with Crippen LogP contribution >= 0.6 is 11.8 Å². The lowest BCUT2D eigenvalue weighted by Crippen LogP contribution is -2.05. The molecule has 1 rings (SSSR count). The first-order chi connectivity index (χ1) is 7.16. The number of rotatable bonds is 5. The van der Waals surface area contributed by atoms with Crippen LogP contribution in [0.25, 0.3) is 0 Å². The van der Waals surface area contributed by atoms with Gasteiger partial charge in [0.05, 0.1) is 17.9 Å². The van der Waals surface area contributed by atoms with E-state index in [2.05, 4.69) is 4.98 Å². The lowest BCUT2D eigenvalue weighted by atomic mass is 10.2. The number of hydrogen-bond acceptors (Lipinski definition) is 5. The van der Waals surface area contributed by atoms with Gasteiger partial charge in [-0.3, -0.25) is 0 Å². The average molecular weight is 228 g/mol. The molecule has 1 heterocycles. The van der Waals surface area contributed by atoms with E-state index in [0.29, 0.717) is 17.4 Å². The molecule has 0 bridgehead atoms. The summed E-state index contributed by atoms with van der Waals surface area (Å²) in [6, 6.07) is 1.39. The number of ether oxygens (including phenoxy) is 1. The Kier molecular flexibility index (Phi) is 4.38. The molecule has 0 unspecified atom stereocenters. The van der Waals surface area contributed by atoms with Crippen molar-refractivity contribution >= 4 is 23.4 Å². The van der Waals surface area contributed by atoms with Crippen LogP contribution in [-0.4, -0.2) is 35.5 Å². The normalized spacial score (nSPS) is 10.2. The molecule has 0 fully saturated rings. The van der Waals surface area contributed by atoms with Crippen LogP contribution in [0.3, 0.4) is 0 Å². The smallest absolute Gasteiger partial charge is 0.337 e. The summed E-state index contributed by atoms with van der Waals surface area (Å²) in [7, 11) is 1.60. The third kappa shape index (κ3) is 3.10. The number of carboxylic acid groups (broad SMARTS) is 1. The number of carboxylic acids is 1. The zero-order valence-electron chi connectivity index (χ0n) is 8.27. The van der Waals surface area contributed by atoms with E-state index in [4.69, 9.17) is 15.6 Å². The predicted molar refractivity (Wildman–Crippen MR) is 58.2 cm³/mol. The monoisotopic (exact) mass is 228 g/mol. The topological polar surface area (TPSA) is 85.4 Å². The summed E-state index contributed by atoms with van der Waals surface area (Å²) >= 11 is 1.38. The average Bonchev–Trinajstić information content (AvgIpc) is 2.20. The van der Waals surface area contributed by atoms with Gasteiger partial charge in [0.1, 0.15) is 5.03 Å². The number of aromatic nitrogens is 1. The molecule has 0 atom stereocenters. The number of nitrogens with zero attached hydrogens (tertiary/aromatic N) is 1. The third-order valence-corrected chi connectivity index (χ3v) is 2.68. The van der Waals surface area contributed by atoms with Gasteiger partial charge in [-0.15, -0.1) is 11.8 Å². The molecule has 0 radical (unpaired) electrons. The second-order valence-electron chi connectivity index (χ2n) is 2.72. The van der Waals surface area contributed by atoms with Crippen molar-refractivity contribution in [2.75, 3.05) is 25.2 Å². The number of methoxy groups -OCH3 is 1.